The summed E-state index contributed by atoms with van der Waals surface area (Å²) in [5.74, 6) is 0.529. The lowest BCUT2D eigenvalue weighted by atomic mass is 10.2. The highest BCUT2D eigenvalue weighted by Crippen LogP contribution is 2.26. The van der Waals surface area contributed by atoms with Crippen molar-refractivity contribution in [2.24, 2.45) is 0 Å². The molecule has 2 aromatic heterocycles. The molecule has 32 heavy (non-hydrogen) atoms. The smallest absolute Gasteiger partial charge is 0.246 e. The Balaban J connectivity index is 1.52. The van der Waals surface area contributed by atoms with E-state index in [0.29, 0.717) is 29.4 Å². The van der Waals surface area contributed by atoms with E-state index in [0.717, 1.165) is 5.56 Å². The number of aromatic amines is 1. The summed E-state index contributed by atoms with van der Waals surface area (Å²) in [6.07, 6.45) is 1.91. The summed E-state index contributed by atoms with van der Waals surface area (Å²) in [6.45, 7) is 5.65. The van der Waals surface area contributed by atoms with Crippen LogP contribution in [0.1, 0.15) is 23.7 Å². The molecule has 1 N–H and O–H groups in total. The van der Waals surface area contributed by atoms with E-state index in [9.17, 15) is 16.8 Å². The number of H-pyrrole nitrogens is 1. The third-order valence-electron chi connectivity index (χ3n) is 5.48. The fourth-order valence-electron chi connectivity index (χ4n) is 3.84. The first-order valence-electron chi connectivity index (χ1n) is 10.1. The molecule has 0 saturated carbocycles. The molecule has 3 aromatic rings. The second-order valence-electron chi connectivity index (χ2n) is 7.70. The highest BCUT2D eigenvalue weighted by Gasteiger charge is 2.34. The summed E-state index contributed by atoms with van der Waals surface area (Å²) in [6, 6.07) is 6.44. The van der Waals surface area contributed by atoms with Crippen molar-refractivity contribution in [1.82, 2.24) is 23.8 Å². The first-order chi connectivity index (χ1) is 15.1. The van der Waals surface area contributed by atoms with Crippen LogP contribution in [-0.4, -0.2) is 66.8 Å². The zero-order valence-corrected chi connectivity index (χ0v) is 19.7. The Morgan fingerprint density at radius 3 is 2.06 bits per heavy atom. The highest BCUT2D eigenvalue weighted by molar-refractivity contribution is 7.89. The van der Waals surface area contributed by atoms with Crippen molar-refractivity contribution in [2.75, 3.05) is 26.2 Å². The van der Waals surface area contributed by atoms with Gasteiger partial charge in [0.2, 0.25) is 20.0 Å². The molecule has 0 unspecified atom stereocenters. The monoisotopic (exact) mass is 479 g/mol. The van der Waals surface area contributed by atoms with Crippen molar-refractivity contribution in [2.45, 2.75) is 37.0 Å². The molecule has 1 aromatic carbocycles. The molecule has 0 atom stereocenters. The normalized spacial score (nSPS) is 16.8. The van der Waals surface area contributed by atoms with E-state index in [1.54, 1.807) is 32.9 Å². The largest absolute Gasteiger partial charge is 0.449 e. The van der Waals surface area contributed by atoms with E-state index < -0.39 is 20.0 Å². The average Bonchev–Trinajstić information content (AvgIpc) is 3.22. The van der Waals surface area contributed by atoms with E-state index >= 15 is 0 Å². The molecule has 0 aliphatic carbocycles. The maximum atomic E-state index is 13.2. The van der Waals surface area contributed by atoms with Crippen LogP contribution in [0.2, 0.25) is 0 Å². The molecule has 0 amide bonds. The summed E-state index contributed by atoms with van der Waals surface area (Å²) in [7, 11) is -7.54. The van der Waals surface area contributed by atoms with E-state index in [1.165, 1.54) is 27.0 Å². The van der Waals surface area contributed by atoms with Crippen LogP contribution in [0.5, 0.6) is 0 Å². The third-order valence-corrected chi connectivity index (χ3v) is 9.55. The lowest BCUT2D eigenvalue weighted by Gasteiger charge is -2.22. The topological polar surface area (TPSA) is 129 Å². The molecule has 0 spiro atoms. The van der Waals surface area contributed by atoms with Crippen LogP contribution in [0.3, 0.4) is 0 Å². The van der Waals surface area contributed by atoms with Gasteiger partial charge in [0.15, 0.2) is 5.89 Å². The van der Waals surface area contributed by atoms with Crippen molar-refractivity contribution >= 4 is 20.0 Å². The second kappa shape index (κ2) is 8.43. The minimum Gasteiger partial charge on any atom is -0.449 e. The number of aryl methyl sites for hydroxylation is 3. The van der Waals surface area contributed by atoms with Crippen LogP contribution in [0.4, 0.5) is 0 Å². The molecule has 0 bridgehead atoms. The maximum absolute atomic E-state index is 13.2. The summed E-state index contributed by atoms with van der Waals surface area (Å²) < 4.78 is 60.5. The van der Waals surface area contributed by atoms with Crippen LogP contribution >= 0.6 is 0 Å². The molecular formula is C20H25N5O5S2. The van der Waals surface area contributed by atoms with Gasteiger partial charge in [0.1, 0.15) is 16.9 Å². The van der Waals surface area contributed by atoms with Crippen molar-refractivity contribution in [3.05, 3.63) is 47.8 Å². The number of sulfonamides is 2. The Hall–Kier alpha value is -2.54. The number of oxazole rings is 1. The van der Waals surface area contributed by atoms with Gasteiger partial charge in [0, 0.05) is 38.7 Å². The molecule has 1 saturated heterocycles. The minimum atomic E-state index is -3.77. The van der Waals surface area contributed by atoms with Crippen LogP contribution in [0.25, 0.3) is 11.3 Å². The number of nitrogens with zero attached hydrogens (tertiary/aromatic N) is 4. The Morgan fingerprint density at radius 2 is 1.53 bits per heavy atom. The zero-order chi connectivity index (χ0) is 23.1. The molecule has 1 aliphatic rings. The van der Waals surface area contributed by atoms with Crippen molar-refractivity contribution in [3.63, 3.8) is 0 Å². The van der Waals surface area contributed by atoms with E-state index in [1.807, 2.05) is 0 Å². The Labute approximate surface area is 187 Å². The van der Waals surface area contributed by atoms with Gasteiger partial charge in [-0.25, -0.2) is 21.8 Å². The van der Waals surface area contributed by atoms with Gasteiger partial charge in [-0.2, -0.15) is 13.7 Å². The minimum absolute atomic E-state index is 0.0712. The molecule has 10 nitrogen and oxygen atoms in total. The van der Waals surface area contributed by atoms with Crippen LogP contribution in [0, 0.1) is 20.8 Å². The van der Waals surface area contributed by atoms with Crippen molar-refractivity contribution in [3.8, 4) is 11.3 Å². The number of hydrogen-bond donors (Lipinski definition) is 1. The third kappa shape index (κ3) is 4.10. The summed E-state index contributed by atoms with van der Waals surface area (Å²) in [4.78, 5) is 4.56. The van der Waals surface area contributed by atoms with Gasteiger partial charge in [0.05, 0.1) is 16.3 Å². The fraction of sp³-hybridized carbons (Fsp3) is 0.400. The second-order valence-corrected chi connectivity index (χ2v) is 11.5. The van der Waals surface area contributed by atoms with Crippen LogP contribution < -0.4 is 0 Å². The number of rotatable bonds is 5. The quantitative estimate of drug-likeness (QED) is 0.593. The van der Waals surface area contributed by atoms with Gasteiger partial charge in [-0.05, 0) is 32.4 Å². The lowest BCUT2D eigenvalue weighted by molar-refractivity contribution is 0.404. The van der Waals surface area contributed by atoms with Gasteiger partial charge in [0.25, 0.3) is 0 Å². The standard InChI is InChI=1S/C20H25N5O5S2/c1-14-20(15(2)23-22-14)32(28,29)25-10-4-9-24(11-12-25)31(26,27)18-7-5-17(6-8-18)19-13-30-16(3)21-19/h5-8,13H,4,9-12H2,1-3H3,(H,22,23). The van der Waals surface area contributed by atoms with Crippen molar-refractivity contribution < 1.29 is 21.3 Å². The Kier molecular flexibility index (Phi) is 5.96. The molecule has 4 rings (SSSR count). The first kappa shape index (κ1) is 22.6. The van der Waals surface area contributed by atoms with Gasteiger partial charge < -0.3 is 4.42 Å². The van der Waals surface area contributed by atoms with Gasteiger partial charge in [-0.1, -0.05) is 12.1 Å². The molecule has 172 valence electrons. The van der Waals surface area contributed by atoms with E-state index in [4.69, 9.17) is 4.42 Å². The molecule has 12 heteroatoms. The Bertz CT molecular complexity index is 1310. The summed E-state index contributed by atoms with van der Waals surface area (Å²) in [5.41, 5.74) is 2.25. The SMILES string of the molecule is Cc1nc(-c2ccc(S(=O)(=O)N3CCCN(S(=O)(=O)c4c(C)n[nH]c4C)CC3)cc2)co1. The molecular weight excluding hydrogens is 454 g/mol. The number of nitrogens with one attached hydrogen (secondary N) is 1. The highest BCUT2D eigenvalue weighted by atomic mass is 32.2. The lowest BCUT2D eigenvalue weighted by Crippen LogP contribution is -2.37. The molecule has 3 heterocycles. The number of aromatic nitrogens is 3. The van der Waals surface area contributed by atoms with Crippen LogP contribution in [0.15, 0.2) is 44.7 Å². The van der Waals surface area contributed by atoms with Gasteiger partial charge >= 0.3 is 0 Å². The number of hydrogen-bond acceptors (Lipinski definition) is 7. The predicted molar refractivity (Wildman–Crippen MR) is 117 cm³/mol. The Morgan fingerprint density at radius 1 is 0.906 bits per heavy atom. The van der Waals surface area contributed by atoms with Gasteiger partial charge in [-0.15, -0.1) is 0 Å². The maximum Gasteiger partial charge on any atom is 0.246 e. The molecule has 1 aliphatic heterocycles. The van der Waals surface area contributed by atoms with Crippen molar-refractivity contribution in [1.29, 1.82) is 0 Å². The van der Waals surface area contributed by atoms with Crippen LogP contribution in [-0.2, 0) is 20.0 Å². The predicted octanol–water partition coefficient (Wildman–Crippen LogP) is 2.08. The van der Waals surface area contributed by atoms with E-state index in [2.05, 4.69) is 15.2 Å². The fourth-order valence-corrected chi connectivity index (χ4v) is 7.11. The summed E-state index contributed by atoms with van der Waals surface area (Å²) >= 11 is 0. The molecule has 0 radical (unpaired) electrons. The zero-order valence-electron chi connectivity index (χ0n) is 18.1. The first-order valence-corrected chi connectivity index (χ1v) is 13.0. The average molecular weight is 480 g/mol. The van der Waals surface area contributed by atoms with Gasteiger partial charge in [-0.3, -0.25) is 5.10 Å². The molecule has 1 fully saturated rings. The van der Waals surface area contributed by atoms with E-state index in [-0.39, 0.29) is 36.0 Å². The number of benzene rings is 1. The summed E-state index contributed by atoms with van der Waals surface area (Å²) in [5, 5.41) is 6.67.